The molecule has 1 N–H and O–H groups in total. The summed E-state index contributed by atoms with van der Waals surface area (Å²) in [4.78, 5) is 13.4. The summed E-state index contributed by atoms with van der Waals surface area (Å²) in [6.07, 6.45) is 0. The highest BCUT2D eigenvalue weighted by atomic mass is 32.1. The highest BCUT2D eigenvalue weighted by molar-refractivity contribution is 7.00. The maximum atomic E-state index is 11.3. The van der Waals surface area contributed by atoms with E-state index < -0.39 is 5.97 Å². The molecule has 1 heterocycles. The molecule has 0 aliphatic rings. The monoisotopic (exact) mass is 559 g/mol. The number of rotatable bonds is 8. The van der Waals surface area contributed by atoms with Gasteiger partial charge in [-0.3, -0.25) is 0 Å². The molecule has 0 saturated heterocycles. The lowest BCUT2D eigenvalue weighted by Crippen LogP contribution is -2.09. The number of aromatic carboxylic acids is 1. The third-order valence-corrected chi connectivity index (χ3v) is 7.48. The first kappa shape index (κ1) is 26.0. The zero-order chi connectivity index (χ0) is 28.3. The maximum absolute atomic E-state index is 11.3. The van der Waals surface area contributed by atoms with E-state index in [1.807, 2.05) is 60.7 Å². The molecule has 0 saturated carbocycles. The molecular weight excluding hydrogens is 534 g/mol. The molecule has 0 spiro atoms. The Bertz CT molecular complexity index is 1770. The molecule has 6 aromatic rings. The highest BCUT2D eigenvalue weighted by Gasteiger charge is 2.16. The molecule has 0 atom stereocenters. The summed E-state index contributed by atoms with van der Waals surface area (Å²) in [7, 11) is 3.32. The van der Waals surface area contributed by atoms with Crippen molar-refractivity contribution in [3.63, 3.8) is 0 Å². The number of hydrogen-bond acceptors (Lipinski definition) is 7. The van der Waals surface area contributed by atoms with Crippen LogP contribution in [0.4, 0.5) is 17.1 Å². The second-order valence-corrected chi connectivity index (χ2v) is 9.81. The number of methoxy groups -OCH3 is 2. The van der Waals surface area contributed by atoms with Gasteiger partial charge in [0.15, 0.2) is 0 Å². The molecule has 0 radical (unpaired) electrons. The van der Waals surface area contributed by atoms with Crippen molar-refractivity contribution in [2.75, 3.05) is 19.1 Å². The van der Waals surface area contributed by atoms with Crippen LogP contribution < -0.4 is 14.4 Å². The van der Waals surface area contributed by atoms with Crippen molar-refractivity contribution in [2.45, 2.75) is 0 Å². The van der Waals surface area contributed by atoms with E-state index in [2.05, 4.69) is 37.9 Å². The molecule has 0 amide bonds. The normalized spacial score (nSPS) is 10.9. The van der Waals surface area contributed by atoms with Gasteiger partial charge < -0.3 is 19.5 Å². The summed E-state index contributed by atoms with van der Waals surface area (Å²) in [6.45, 7) is 0. The van der Waals surface area contributed by atoms with Gasteiger partial charge in [0, 0.05) is 28.2 Å². The Kier molecular flexibility index (Phi) is 7.06. The molecule has 0 aliphatic heterocycles. The van der Waals surface area contributed by atoms with Gasteiger partial charge >= 0.3 is 5.97 Å². The highest BCUT2D eigenvalue weighted by Crippen LogP contribution is 2.39. The summed E-state index contributed by atoms with van der Waals surface area (Å²) in [5.41, 5.74) is 8.63. The Balaban J connectivity index is 1.37. The van der Waals surface area contributed by atoms with Crippen LogP contribution in [0.2, 0.25) is 0 Å². The Morgan fingerprint density at radius 1 is 0.610 bits per heavy atom. The topological polar surface area (TPSA) is 84.8 Å². The second-order valence-electron chi connectivity index (χ2n) is 9.28. The van der Waals surface area contributed by atoms with Crippen molar-refractivity contribution >= 4 is 45.8 Å². The van der Waals surface area contributed by atoms with Gasteiger partial charge in [-0.05, 0) is 83.9 Å². The van der Waals surface area contributed by atoms with Gasteiger partial charge in [0.2, 0.25) is 0 Å². The molecular formula is C33H25N3O4S. The van der Waals surface area contributed by atoms with Gasteiger partial charge in [-0.25, -0.2) is 4.79 Å². The maximum Gasteiger partial charge on any atom is 0.335 e. The Hall–Kier alpha value is -5.21. The average molecular weight is 560 g/mol. The smallest absolute Gasteiger partial charge is 0.335 e. The molecule has 7 nitrogen and oxygen atoms in total. The molecule has 0 fully saturated rings. The van der Waals surface area contributed by atoms with Gasteiger partial charge in [0.1, 0.15) is 22.5 Å². The van der Waals surface area contributed by atoms with Crippen molar-refractivity contribution in [1.82, 2.24) is 8.75 Å². The average Bonchev–Trinajstić information content (AvgIpc) is 3.52. The quantitative estimate of drug-likeness (QED) is 0.201. The van der Waals surface area contributed by atoms with E-state index in [9.17, 15) is 9.90 Å². The summed E-state index contributed by atoms with van der Waals surface area (Å²) in [6, 6.07) is 35.2. The Morgan fingerprint density at radius 2 is 1.00 bits per heavy atom. The van der Waals surface area contributed by atoms with Crippen LogP contribution >= 0.6 is 11.7 Å². The molecule has 5 aromatic carbocycles. The van der Waals surface area contributed by atoms with Crippen LogP contribution in [-0.2, 0) is 0 Å². The van der Waals surface area contributed by atoms with Gasteiger partial charge in [0.25, 0.3) is 0 Å². The minimum atomic E-state index is -0.951. The number of nitrogens with zero attached hydrogens (tertiary/aromatic N) is 3. The van der Waals surface area contributed by atoms with E-state index in [-0.39, 0.29) is 5.56 Å². The number of fused-ring (bicyclic) bond motifs is 1. The van der Waals surface area contributed by atoms with E-state index in [0.717, 1.165) is 73.6 Å². The van der Waals surface area contributed by atoms with Crippen molar-refractivity contribution in [2.24, 2.45) is 0 Å². The predicted octanol–water partition coefficient (Wildman–Crippen LogP) is 8.21. The zero-order valence-corrected chi connectivity index (χ0v) is 23.1. The molecule has 8 heteroatoms. The van der Waals surface area contributed by atoms with Crippen LogP contribution in [0, 0.1) is 0 Å². The first-order valence-corrected chi connectivity index (χ1v) is 13.6. The van der Waals surface area contributed by atoms with Crippen molar-refractivity contribution in [3.05, 3.63) is 115 Å². The van der Waals surface area contributed by atoms with Gasteiger partial charge in [-0.2, -0.15) is 8.75 Å². The van der Waals surface area contributed by atoms with Crippen molar-refractivity contribution < 1.29 is 19.4 Å². The van der Waals surface area contributed by atoms with Crippen molar-refractivity contribution in [1.29, 1.82) is 0 Å². The summed E-state index contributed by atoms with van der Waals surface area (Å²) in [5, 5.41) is 9.24. The van der Waals surface area contributed by atoms with Crippen LogP contribution in [0.3, 0.4) is 0 Å². The van der Waals surface area contributed by atoms with Crippen molar-refractivity contribution in [3.8, 4) is 33.8 Å². The van der Waals surface area contributed by atoms with Crippen LogP contribution in [0.5, 0.6) is 11.5 Å². The number of benzene rings is 5. The first-order chi connectivity index (χ1) is 20.1. The van der Waals surface area contributed by atoms with E-state index in [0.29, 0.717) is 0 Å². The molecule has 6 rings (SSSR count). The number of carboxylic acids is 1. The lowest BCUT2D eigenvalue weighted by Gasteiger charge is -2.26. The number of hydrogen-bond donors (Lipinski definition) is 1. The fourth-order valence-electron chi connectivity index (χ4n) is 4.82. The Morgan fingerprint density at radius 3 is 1.39 bits per heavy atom. The SMILES string of the molecule is COc1ccc(N(c2ccc(OC)cc2)c2ccc(-c3ccc(-c4ccc(C(=O)O)cc4)c4nsnc34)cc2)cc1. The number of anilines is 3. The summed E-state index contributed by atoms with van der Waals surface area (Å²) in [5.74, 6) is 0.634. The number of carbonyl (C=O) groups is 1. The fourth-order valence-corrected chi connectivity index (χ4v) is 5.40. The van der Waals surface area contributed by atoms with Crippen LogP contribution in [0.15, 0.2) is 109 Å². The number of ether oxygens (including phenoxy) is 2. The first-order valence-electron chi connectivity index (χ1n) is 12.8. The van der Waals surface area contributed by atoms with Gasteiger partial charge in [-0.15, -0.1) is 0 Å². The zero-order valence-electron chi connectivity index (χ0n) is 22.3. The van der Waals surface area contributed by atoms with Crippen LogP contribution in [0.1, 0.15) is 10.4 Å². The van der Waals surface area contributed by atoms with E-state index in [1.165, 1.54) is 0 Å². The van der Waals surface area contributed by atoms with E-state index in [4.69, 9.17) is 9.47 Å². The van der Waals surface area contributed by atoms with Gasteiger partial charge in [-0.1, -0.05) is 36.4 Å². The minimum Gasteiger partial charge on any atom is -0.497 e. The molecule has 0 aliphatic carbocycles. The summed E-state index contributed by atoms with van der Waals surface area (Å²) >= 11 is 1.16. The van der Waals surface area contributed by atoms with E-state index in [1.54, 1.807) is 38.5 Å². The lowest BCUT2D eigenvalue weighted by atomic mass is 9.97. The largest absolute Gasteiger partial charge is 0.497 e. The number of carboxylic acid groups (broad SMARTS) is 1. The summed E-state index contributed by atoms with van der Waals surface area (Å²) < 4.78 is 19.9. The van der Waals surface area contributed by atoms with E-state index >= 15 is 0 Å². The molecule has 1 aromatic heterocycles. The van der Waals surface area contributed by atoms with Crippen LogP contribution in [0.25, 0.3) is 33.3 Å². The second kappa shape index (κ2) is 11.1. The molecule has 202 valence electrons. The van der Waals surface area contributed by atoms with Gasteiger partial charge in [0.05, 0.1) is 31.5 Å². The molecule has 41 heavy (non-hydrogen) atoms. The standard InChI is InChI=1S/C33H25N3O4S/c1-39-27-15-11-25(12-16-27)36(26-13-17-28(40-2)18-14-26)24-9-7-22(8-10-24)30-20-19-29(31-32(30)35-41-34-31)21-3-5-23(6-4-21)33(37)38/h3-20H,1-2H3,(H,37,38). The third-order valence-electron chi connectivity index (χ3n) is 6.96. The minimum absolute atomic E-state index is 0.247. The fraction of sp³-hybridized carbons (Fsp3) is 0.0606. The molecule has 0 bridgehead atoms. The Labute approximate surface area is 241 Å². The predicted molar refractivity (Wildman–Crippen MR) is 163 cm³/mol. The lowest BCUT2D eigenvalue weighted by molar-refractivity contribution is 0.0697. The number of aromatic nitrogens is 2. The third kappa shape index (κ3) is 5.08. The molecule has 0 unspecified atom stereocenters. The van der Waals surface area contributed by atoms with Crippen LogP contribution in [-0.4, -0.2) is 34.0 Å².